The van der Waals surface area contributed by atoms with Gasteiger partial charge in [0.1, 0.15) is 0 Å². The van der Waals surface area contributed by atoms with Crippen LogP contribution in [0, 0.1) is 0 Å². The van der Waals surface area contributed by atoms with E-state index in [-0.39, 0.29) is 5.75 Å². The molecule has 0 radical (unpaired) electrons. The van der Waals surface area contributed by atoms with E-state index in [1.54, 1.807) is 7.11 Å². The molecule has 1 aromatic carbocycles. The van der Waals surface area contributed by atoms with E-state index in [1.807, 2.05) is 12.1 Å². The van der Waals surface area contributed by atoms with Crippen molar-refractivity contribution in [2.75, 3.05) is 7.11 Å². The molecule has 0 aromatic heterocycles. The molecule has 0 aliphatic heterocycles. The first-order chi connectivity index (χ1) is 8.99. The minimum atomic E-state index is -0.406. The molecule has 0 saturated heterocycles. The van der Waals surface area contributed by atoms with Crippen LogP contribution in [-0.2, 0) is 5.54 Å². The summed E-state index contributed by atoms with van der Waals surface area (Å²) in [5, 5.41) is 10.5. The summed E-state index contributed by atoms with van der Waals surface area (Å²) in [4.78, 5) is 0. The van der Waals surface area contributed by atoms with Crippen LogP contribution in [0.1, 0.15) is 63.0 Å². The maximum absolute atomic E-state index is 10.5. The van der Waals surface area contributed by atoms with E-state index in [0.29, 0.717) is 11.7 Å². The van der Waals surface area contributed by atoms with Crippen molar-refractivity contribution in [3.63, 3.8) is 0 Å². The summed E-state index contributed by atoms with van der Waals surface area (Å²) in [5.74, 6) is 1.10. The Hall–Kier alpha value is -1.22. The lowest BCUT2D eigenvalue weighted by Crippen LogP contribution is -2.39. The van der Waals surface area contributed by atoms with Gasteiger partial charge in [0.25, 0.3) is 0 Å². The lowest BCUT2D eigenvalue weighted by atomic mass is 9.74. The van der Waals surface area contributed by atoms with Crippen LogP contribution in [0.15, 0.2) is 12.1 Å². The van der Waals surface area contributed by atoms with E-state index in [1.165, 1.54) is 6.42 Å². The maximum Gasteiger partial charge on any atom is 0.163 e. The zero-order valence-electron chi connectivity index (χ0n) is 12.2. The van der Waals surface area contributed by atoms with E-state index in [4.69, 9.17) is 10.5 Å². The highest BCUT2D eigenvalue weighted by atomic mass is 16.5. The second kappa shape index (κ2) is 5.41. The first-order valence-electron chi connectivity index (χ1n) is 7.19. The second-order valence-electron chi connectivity index (χ2n) is 5.95. The number of hydrogen-bond donors (Lipinski definition) is 2. The first-order valence-corrected chi connectivity index (χ1v) is 7.19. The Morgan fingerprint density at radius 1 is 1.21 bits per heavy atom. The van der Waals surface area contributed by atoms with Crippen LogP contribution in [0.4, 0.5) is 0 Å². The molecule has 3 nitrogen and oxygen atoms in total. The Bertz CT molecular complexity index is 448. The van der Waals surface area contributed by atoms with E-state index in [0.717, 1.165) is 36.8 Å². The highest BCUT2D eigenvalue weighted by Gasteiger charge is 2.35. The van der Waals surface area contributed by atoms with Crippen molar-refractivity contribution in [3.05, 3.63) is 23.3 Å². The predicted molar refractivity (Wildman–Crippen MR) is 77.7 cm³/mol. The highest BCUT2D eigenvalue weighted by molar-refractivity contribution is 5.54. The van der Waals surface area contributed by atoms with Crippen LogP contribution in [-0.4, -0.2) is 12.2 Å². The van der Waals surface area contributed by atoms with Gasteiger partial charge in [-0.25, -0.2) is 0 Å². The quantitative estimate of drug-likeness (QED) is 0.875. The van der Waals surface area contributed by atoms with E-state index in [2.05, 4.69) is 13.8 Å². The molecule has 1 fully saturated rings. The molecule has 3 N–H and O–H groups in total. The number of hydrogen-bond acceptors (Lipinski definition) is 3. The third-order valence-electron chi connectivity index (χ3n) is 4.26. The average molecular weight is 263 g/mol. The summed E-state index contributed by atoms with van der Waals surface area (Å²) in [5.41, 5.74) is 8.27. The van der Waals surface area contributed by atoms with Crippen molar-refractivity contribution in [1.29, 1.82) is 0 Å². The summed E-state index contributed by atoms with van der Waals surface area (Å²) in [7, 11) is 1.58. The molecule has 0 atom stereocenters. The van der Waals surface area contributed by atoms with Gasteiger partial charge < -0.3 is 15.6 Å². The number of ether oxygens (including phenoxy) is 1. The van der Waals surface area contributed by atoms with Gasteiger partial charge in [-0.15, -0.1) is 0 Å². The SMILES string of the molecule is COc1ccc(C(C)C)c(C2(N)CCCCC2)c1O. The van der Waals surface area contributed by atoms with Crippen LogP contribution < -0.4 is 10.5 Å². The molecule has 0 heterocycles. The number of benzene rings is 1. The summed E-state index contributed by atoms with van der Waals surface area (Å²) < 4.78 is 5.25. The summed E-state index contributed by atoms with van der Waals surface area (Å²) >= 11 is 0. The Kier molecular flexibility index (Phi) is 4.04. The van der Waals surface area contributed by atoms with E-state index in [9.17, 15) is 5.11 Å². The first kappa shape index (κ1) is 14.2. The van der Waals surface area contributed by atoms with Crippen molar-refractivity contribution >= 4 is 0 Å². The van der Waals surface area contributed by atoms with Crippen molar-refractivity contribution in [1.82, 2.24) is 0 Å². The Morgan fingerprint density at radius 3 is 2.37 bits per heavy atom. The van der Waals surface area contributed by atoms with Crippen LogP contribution in [0.25, 0.3) is 0 Å². The number of phenols is 1. The molecule has 1 aliphatic carbocycles. The van der Waals surface area contributed by atoms with Gasteiger partial charge in [-0.05, 0) is 30.4 Å². The summed E-state index contributed by atoms with van der Waals surface area (Å²) in [6, 6.07) is 3.88. The lowest BCUT2D eigenvalue weighted by molar-refractivity contribution is 0.283. The fraction of sp³-hybridized carbons (Fsp3) is 0.625. The van der Waals surface area contributed by atoms with Gasteiger partial charge in [0.05, 0.1) is 7.11 Å². The number of methoxy groups -OCH3 is 1. The van der Waals surface area contributed by atoms with Gasteiger partial charge in [0.2, 0.25) is 0 Å². The van der Waals surface area contributed by atoms with Crippen LogP contribution in [0.3, 0.4) is 0 Å². The van der Waals surface area contributed by atoms with Crippen molar-refractivity contribution in [2.24, 2.45) is 5.73 Å². The predicted octanol–water partition coefficient (Wildman–Crippen LogP) is 3.64. The van der Waals surface area contributed by atoms with Crippen molar-refractivity contribution in [2.45, 2.75) is 57.4 Å². The summed E-state index contributed by atoms with van der Waals surface area (Å²) in [6.07, 6.45) is 5.37. The average Bonchev–Trinajstić information content (AvgIpc) is 2.38. The topological polar surface area (TPSA) is 55.5 Å². The fourth-order valence-electron chi connectivity index (χ4n) is 3.19. The molecule has 1 saturated carbocycles. The Morgan fingerprint density at radius 2 is 1.84 bits per heavy atom. The lowest BCUT2D eigenvalue weighted by Gasteiger charge is -2.37. The van der Waals surface area contributed by atoms with Crippen molar-refractivity contribution in [3.8, 4) is 11.5 Å². The van der Waals surface area contributed by atoms with E-state index < -0.39 is 5.54 Å². The van der Waals surface area contributed by atoms with Gasteiger partial charge in [0.15, 0.2) is 11.5 Å². The fourth-order valence-corrected chi connectivity index (χ4v) is 3.19. The van der Waals surface area contributed by atoms with Crippen LogP contribution in [0.5, 0.6) is 11.5 Å². The zero-order chi connectivity index (χ0) is 14.0. The molecule has 0 bridgehead atoms. The Labute approximate surface area is 115 Å². The third-order valence-corrected chi connectivity index (χ3v) is 4.26. The third kappa shape index (κ3) is 2.57. The van der Waals surface area contributed by atoms with Gasteiger partial charge in [0, 0.05) is 11.1 Å². The molecule has 3 heteroatoms. The minimum absolute atomic E-state index is 0.234. The minimum Gasteiger partial charge on any atom is -0.504 e. The summed E-state index contributed by atoms with van der Waals surface area (Å²) in [6.45, 7) is 4.27. The molecule has 0 spiro atoms. The molecular formula is C16H25NO2. The van der Waals surface area contributed by atoms with Gasteiger partial charge in [-0.3, -0.25) is 0 Å². The molecular weight excluding hydrogens is 238 g/mol. The van der Waals surface area contributed by atoms with Crippen molar-refractivity contribution < 1.29 is 9.84 Å². The number of phenolic OH excluding ortho intramolecular Hbond substituents is 1. The molecule has 19 heavy (non-hydrogen) atoms. The molecule has 0 unspecified atom stereocenters. The number of rotatable bonds is 3. The van der Waals surface area contributed by atoms with Gasteiger partial charge in [-0.1, -0.05) is 39.2 Å². The van der Waals surface area contributed by atoms with E-state index >= 15 is 0 Å². The molecule has 106 valence electrons. The number of nitrogens with two attached hydrogens (primary N) is 1. The molecule has 2 rings (SSSR count). The second-order valence-corrected chi connectivity index (χ2v) is 5.95. The Balaban J connectivity index is 2.57. The number of aromatic hydroxyl groups is 1. The van der Waals surface area contributed by atoms with Gasteiger partial charge >= 0.3 is 0 Å². The zero-order valence-corrected chi connectivity index (χ0v) is 12.2. The van der Waals surface area contributed by atoms with Gasteiger partial charge in [-0.2, -0.15) is 0 Å². The molecule has 1 aliphatic rings. The maximum atomic E-state index is 10.5. The molecule has 1 aromatic rings. The van der Waals surface area contributed by atoms with Crippen LogP contribution in [0.2, 0.25) is 0 Å². The monoisotopic (exact) mass is 263 g/mol. The standard InChI is InChI=1S/C16H25NO2/c1-11(2)12-7-8-13(19-3)15(18)14(12)16(17)9-5-4-6-10-16/h7-8,11,18H,4-6,9-10,17H2,1-3H3. The van der Waals surface area contributed by atoms with Crippen LogP contribution >= 0.6 is 0 Å². The highest BCUT2D eigenvalue weighted by Crippen LogP contribution is 2.46. The largest absolute Gasteiger partial charge is 0.504 e. The molecule has 0 amide bonds. The normalized spacial score (nSPS) is 18.6. The smallest absolute Gasteiger partial charge is 0.163 e.